The average Bonchev–Trinajstić information content (AvgIpc) is 3.34. The van der Waals surface area contributed by atoms with Gasteiger partial charge in [-0.3, -0.25) is 4.79 Å². The van der Waals surface area contributed by atoms with Crippen molar-refractivity contribution in [2.45, 2.75) is 131 Å². The minimum Gasteiger partial charge on any atom is -0.390 e. The number of hydrogen-bond donors (Lipinski definition) is 2. The molecule has 4 saturated carbocycles. The molecule has 1 heterocycles. The van der Waals surface area contributed by atoms with Gasteiger partial charge in [-0.1, -0.05) is 48.5 Å². The molecule has 1 aliphatic heterocycles. The average molecular weight is 505 g/mol. The number of hydrogen-bond acceptors (Lipinski definition) is 5. The van der Waals surface area contributed by atoms with Crippen molar-refractivity contribution in [2.75, 3.05) is 0 Å². The highest BCUT2D eigenvalue weighted by Gasteiger charge is 2.64. The number of fused-ring (bicyclic) bond motifs is 5. The number of carbonyl (C=O) groups is 1. The predicted molar refractivity (Wildman–Crippen MR) is 140 cm³/mol. The monoisotopic (exact) mass is 504 g/mol. The van der Waals surface area contributed by atoms with Crippen molar-refractivity contribution in [3.05, 3.63) is 0 Å². The van der Waals surface area contributed by atoms with E-state index in [0.717, 1.165) is 6.42 Å². The highest BCUT2D eigenvalue weighted by molar-refractivity contribution is 5.83. The van der Waals surface area contributed by atoms with Crippen molar-refractivity contribution >= 4 is 5.78 Å². The summed E-state index contributed by atoms with van der Waals surface area (Å²) in [6.07, 6.45) is 4.97. The van der Waals surface area contributed by atoms with Crippen LogP contribution in [0.4, 0.5) is 0 Å². The Kier molecular flexibility index (Phi) is 6.80. The van der Waals surface area contributed by atoms with Gasteiger partial charge in [0.15, 0.2) is 6.29 Å². The molecule has 0 aromatic heterocycles. The molecule has 2 N–H and O–H groups in total. The van der Waals surface area contributed by atoms with Crippen LogP contribution in [-0.2, 0) is 14.3 Å². The van der Waals surface area contributed by atoms with E-state index in [2.05, 4.69) is 48.5 Å². The molecule has 5 rings (SSSR count). The number of carbonyl (C=O) groups excluding carboxylic acids is 1. The molecule has 1 unspecified atom stereocenters. The van der Waals surface area contributed by atoms with Crippen LogP contribution in [0, 0.1) is 57.7 Å². The number of Topliss-reactive ketones (excluding diaryl/α,β-unsaturated/α-hetero) is 1. The Morgan fingerprint density at radius 2 is 1.58 bits per heavy atom. The van der Waals surface area contributed by atoms with Gasteiger partial charge >= 0.3 is 0 Å². The molecule has 0 bridgehead atoms. The zero-order chi connectivity index (χ0) is 26.4. The maximum absolute atomic E-state index is 13.5. The summed E-state index contributed by atoms with van der Waals surface area (Å²) in [5.41, 5.74) is 0.180. The number of ketones is 1. The van der Waals surface area contributed by atoms with Crippen LogP contribution in [0.15, 0.2) is 0 Å². The number of aliphatic hydroxyl groups is 2. The van der Waals surface area contributed by atoms with E-state index >= 15 is 0 Å². The number of ether oxygens (including phenoxy) is 2. The van der Waals surface area contributed by atoms with Crippen molar-refractivity contribution in [1.29, 1.82) is 0 Å². The Morgan fingerprint density at radius 3 is 2.25 bits per heavy atom. The molecule has 4 aliphatic carbocycles. The molecule has 14 atom stereocenters. The Bertz CT molecular complexity index is 850. The van der Waals surface area contributed by atoms with Crippen LogP contribution in [0.2, 0.25) is 0 Å². The summed E-state index contributed by atoms with van der Waals surface area (Å²) in [6.45, 7) is 18.4. The Hall–Kier alpha value is -0.490. The summed E-state index contributed by atoms with van der Waals surface area (Å²) in [5, 5.41) is 20.9. The van der Waals surface area contributed by atoms with E-state index in [1.807, 2.05) is 6.92 Å². The fourth-order valence-corrected chi connectivity index (χ4v) is 10.2. The van der Waals surface area contributed by atoms with E-state index < -0.39 is 12.2 Å². The molecule has 1 saturated heterocycles. The van der Waals surface area contributed by atoms with E-state index in [-0.39, 0.29) is 40.7 Å². The third-order valence-electron chi connectivity index (χ3n) is 12.6. The van der Waals surface area contributed by atoms with Crippen molar-refractivity contribution in [1.82, 2.24) is 0 Å². The molecule has 0 aromatic rings. The third-order valence-corrected chi connectivity index (χ3v) is 12.6. The predicted octanol–water partition coefficient (Wildman–Crippen LogP) is 5.60. The highest BCUT2D eigenvalue weighted by Crippen LogP contribution is 2.68. The smallest absolute Gasteiger partial charge is 0.155 e. The lowest BCUT2D eigenvalue weighted by Crippen LogP contribution is -2.59. The molecule has 5 aliphatic rings. The Balaban J connectivity index is 1.39. The van der Waals surface area contributed by atoms with Gasteiger partial charge in [-0.25, -0.2) is 0 Å². The summed E-state index contributed by atoms with van der Waals surface area (Å²) in [4.78, 5) is 13.5. The van der Waals surface area contributed by atoms with Crippen LogP contribution in [-0.4, -0.2) is 46.7 Å². The van der Waals surface area contributed by atoms with Gasteiger partial charge in [-0.05, 0) is 97.2 Å². The summed E-state index contributed by atoms with van der Waals surface area (Å²) in [5.74, 6) is 3.04. The van der Waals surface area contributed by atoms with Gasteiger partial charge < -0.3 is 19.7 Å². The number of aliphatic hydroxyl groups excluding tert-OH is 2. The summed E-state index contributed by atoms with van der Waals surface area (Å²) in [7, 11) is 0. The highest BCUT2D eigenvalue weighted by atomic mass is 16.7. The molecular weight excluding hydrogens is 452 g/mol. The van der Waals surface area contributed by atoms with Crippen LogP contribution >= 0.6 is 0 Å². The van der Waals surface area contributed by atoms with E-state index in [0.29, 0.717) is 60.6 Å². The van der Waals surface area contributed by atoms with Crippen molar-refractivity contribution in [2.24, 2.45) is 57.7 Å². The van der Waals surface area contributed by atoms with Gasteiger partial charge in [0.25, 0.3) is 0 Å². The van der Waals surface area contributed by atoms with E-state index in [1.54, 1.807) is 0 Å². The number of rotatable bonds is 3. The van der Waals surface area contributed by atoms with Crippen molar-refractivity contribution < 1.29 is 24.5 Å². The molecule has 5 heteroatoms. The first-order valence-corrected chi connectivity index (χ1v) is 14.9. The molecule has 206 valence electrons. The van der Waals surface area contributed by atoms with Crippen LogP contribution in [0.5, 0.6) is 0 Å². The topological polar surface area (TPSA) is 76.0 Å². The standard InChI is InChI=1S/C31H52O5/c1-16(27-28(36-18(3)35-27)17(2)29(4,5)6)20-9-10-21-19-13-24(32)23-14-25(33)26(34)15-31(23,8)22(19)11-12-30(20,21)7/h16-23,25-28,33-34H,9-15H2,1-8H3/t16-,17+,18?,19-,20+,21-,22-,23+,25-,26+,27+,28+,30+,31+/m0/s1. The first-order valence-electron chi connectivity index (χ1n) is 14.9. The molecule has 36 heavy (non-hydrogen) atoms. The maximum atomic E-state index is 13.5. The van der Waals surface area contributed by atoms with Gasteiger partial charge in [-0.15, -0.1) is 0 Å². The molecule has 5 nitrogen and oxygen atoms in total. The Morgan fingerprint density at radius 1 is 0.944 bits per heavy atom. The molecule has 0 aromatic carbocycles. The van der Waals surface area contributed by atoms with Crippen LogP contribution in [0.1, 0.15) is 100 Å². The van der Waals surface area contributed by atoms with Crippen molar-refractivity contribution in [3.63, 3.8) is 0 Å². The van der Waals surface area contributed by atoms with Gasteiger partial charge in [0.2, 0.25) is 0 Å². The molecule has 0 spiro atoms. The maximum Gasteiger partial charge on any atom is 0.155 e. The zero-order valence-electron chi connectivity index (χ0n) is 24.0. The quantitative estimate of drug-likeness (QED) is 0.523. The second-order valence-electron chi connectivity index (χ2n) is 15.2. The fraction of sp³-hybridized carbons (Fsp3) is 0.968. The van der Waals surface area contributed by atoms with Gasteiger partial charge in [-0.2, -0.15) is 0 Å². The third kappa shape index (κ3) is 4.05. The van der Waals surface area contributed by atoms with Crippen molar-refractivity contribution in [3.8, 4) is 0 Å². The lowest BCUT2D eigenvalue weighted by atomic mass is 9.44. The zero-order valence-corrected chi connectivity index (χ0v) is 24.0. The van der Waals surface area contributed by atoms with E-state index in [4.69, 9.17) is 9.47 Å². The molecular formula is C31H52O5. The SMILES string of the molecule is CC1O[C@H]([C@@H](C)[C@H]2CC[C@H]3[C@@H]4CC(=O)[C@H]5C[C@H](O)[C@H](O)C[C@]5(C)[C@H]4CC[C@]23C)[C@@H]([C@@H](C)C(C)(C)C)O1. The summed E-state index contributed by atoms with van der Waals surface area (Å²) in [6, 6.07) is 0. The minimum absolute atomic E-state index is 0.0946. The van der Waals surface area contributed by atoms with E-state index in [9.17, 15) is 15.0 Å². The normalized spacial score (nSPS) is 52.9. The molecule has 0 amide bonds. The molecule has 0 radical (unpaired) electrons. The lowest BCUT2D eigenvalue weighted by molar-refractivity contribution is -0.174. The summed E-state index contributed by atoms with van der Waals surface area (Å²) < 4.78 is 12.9. The van der Waals surface area contributed by atoms with Gasteiger partial charge in [0.1, 0.15) is 5.78 Å². The van der Waals surface area contributed by atoms with Gasteiger partial charge in [0, 0.05) is 12.3 Å². The van der Waals surface area contributed by atoms with Crippen LogP contribution in [0.25, 0.3) is 0 Å². The lowest BCUT2D eigenvalue weighted by Gasteiger charge is -2.61. The largest absolute Gasteiger partial charge is 0.390 e. The fourth-order valence-electron chi connectivity index (χ4n) is 10.2. The Labute approximate surface area is 219 Å². The molecule has 5 fully saturated rings. The second kappa shape index (κ2) is 9.03. The second-order valence-corrected chi connectivity index (χ2v) is 15.2. The first kappa shape index (κ1) is 27.1. The van der Waals surface area contributed by atoms with Crippen LogP contribution < -0.4 is 0 Å². The first-order chi connectivity index (χ1) is 16.7. The minimum atomic E-state index is -0.756. The van der Waals surface area contributed by atoms with Gasteiger partial charge in [0.05, 0.1) is 24.4 Å². The summed E-state index contributed by atoms with van der Waals surface area (Å²) >= 11 is 0. The van der Waals surface area contributed by atoms with Crippen LogP contribution in [0.3, 0.4) is 0 Å². The van der Waals surface area contributed by atoms with E-state index in [1.165, 1.54) is 19.3 Å².